The lowest BCUT2D eigenvalue weighted by atomic mass is 10.2. The van der Waals surface area contributed by atoms with Crippen LogP contribution in [0.5, 0.6) is 23.1 Å². The summed E-state index contributed by atoms with van der Waals surface area (Å²) < 4.78 is 16.2. The molecule has 0 fully saturated rings. The Balaban J connectivity index is 1.23. The number of oxime groups is 1. The van der Waals surface area contributed by atoms with Crippen LogP contribution in [0.3, 0.4) is 0 Å². The van der Waals surface area contributed by atoms with Gasteiger partial charge in [0.05, 0.1) is 0 Å². The SMILES string of the molecule is N/C(=N/OCC(=O)NCc1ccc2c(c1)OCO2)c1ccc(Oc2ccccc2)nc1. The number of fused-ring (bicyclic) bond motifs is 1. The molecule has 0 atom stereocenters. The minimum absolute atomic E-state index is 0.0994. The molecule has 3 aromatic rings. The molecule has 3 N–H and O–H groups in total. The van der Waals surface area contributed by atoms with Crippen molar-refractivity contribution in [2.45, 2.75) is 6.54 Å². The van der Waals surface area contributed by atoms with Gasteiger partial charge in [0.25, 0.3) is 5.91 Å². The average Bonchev–Trinajstić information content (AvgIpc) is 3.27. The third-order valence-electron chi connectivity index (χ3n) is 4.28. The highest BCUT2D eigenvalue weighted by atomic mass is 16.7. The van der Waals surface area contributed by atoms with Crippen LogP contribution in [0.25, 0.3) is 0 Å². The first-order valence-corrected chi connectivity index (χ1v) is 9.47. The van der Waals surface area contributed by atoms with E-state index in [1.165, 1.54) is 6.20 Å². The predicted molar refractivity (Wildman–Crippen MR) is 112 cm³/mol. The number of nitrogens with two attached hydrogens (primary N) is 1. The predicted octanol–water partition coefficient (Wildman–Crippen LogP) is 2.56. The van der Waals surface area contributed by atoms with E-state index in [-0.39, 0.29) is 25.1 Å². The summed E-state index contributed by atoms with van der Waals surface area (Å²) in [6.07, 6.45) is 1.51. The lowest BCUT2D eigenvalue weighted by Gasteiger charge is -2.07. The largest absolute Gasteiger partial charge is 0.454 e. The molecule has 1 aliphatic heterocycles. The van der Waals surface area contributed by atoms with E-state index in [1.54, 1.807) is 18.2 Å². The van der Waals surface area contributed by atoms with E-state index < -0.39 is 0 Å². The second-order valence-electron chi connectivity index (χ2n) is 6.51. The number of hydrogen-bond donors (Lipinski definition) is 2. The van der Waals surface area contributed by atoms with Crippen molar-refractivity contribution in [3.05, 3.63) is 78.0 Å². The Morgan fingerprint density at radius 1 is 1.10 bits per heavy atom. The molecule has 9 nitrogen and oxygen atoms in total. The van der Waals surface area contributed by atoms with Crippen LogP contribution in [0.15, 0.2) is 72.0 Å². The van der Waals surface area contributed by atoms with Crippen LogP contribution in [0.4, 0.5) is 0 Å². The number of aromatic nitrogens is 1. The molecule has 1 aromatic heterocycles. The van der Waals surface area contributed by atoms with Gasteiger partial charge >= 0.3 is 0 Å². The van der Waals surface area contributed by atoms with Gasteiger partial charge in [-0.2, -0.15) is 0 Å². The number of nitrogens with zero attached hydrogens (tertiary/aromatic N) is 2. The summed E-state index contributed by atoms with van der Waals surface area (Å²) in [4.78, 5) is 21.2. The molecule has 0 radical (unpaired) electrons. The Kier molecular flexibility index (Phi) is 6.13. The molecule has 0 unspecified atom stereocenters. The van der Waals surface area contributed by atoms with E-state index in [2.05, 4.69) is 15.5 Å². The fourth-order valence-electron chi connectivity index (χ4n) is 2.72. The van der Waals surface area contributed by atoms with Crippen LogP contribution in [0, 0.1) is 0 Å². The second-order valence-corrected chi connectivity index (χ2v) is 6.51. The Morgan fingerprint density at radius 2 is 1.94 bits per heavy atom. The van der Waals surface area contributed by atoms with Crippen LogP contribution in [0.1, 0.15) is 11.1 Å². The van der Waals surface area contributed by atoms with Crippen LogP contribution in [0.2, 0.25) is 0 Å². The summed E-state index contributed by atoms with van der Waals surface area (Å²) in [6.45, 7) is 0.259. The quantitative estimate of drug-likeness (QED) is 0.327. The minimum atomic E-state index is -0.334. The number of nitrogens with one attached hydrogen (secondary N) is 1. The molecular formula is C22H20N4O5. The van der Waals surface area contributed by atoms with Crippen molar-refractivity contribution in [3.8, 4) is 23.1 Å². The van der Waals surface area contributed by atoms with Crippen LogP contribution >= 0.6 is 0 Å². The third kappa shape index (κ3) is 5.41. The minimum Gasteiger partial charge on any atom is -0.454 e. The standard InChI is InChI=1S/C22H20N4O5/c23-22(16-7-9-21(25-12-16)31-17-4-2-1-3-5-17)26-30-13-20(27)24-11-15-6-8-18-19(10-15)29-14-28-18/h1-10,12H,11,13-14H2,(H2,23,26)(H,24,27). The number of benzene rings is 2. The fourth-order valence-corrected chi connectivity index (χ4v) is 2.72. The van der Waals surface area contributed by atoms with Crippen molar-refractivity contribution in [2.75, 3.05) is 13.4 Å². The number of amides is 1. The van der Waals surface area contributed by atoms with Crippen molar-refractivity contribution < 1.29 is 23.8 Å². The van der Waals surface area contributed by atoms with E-state index in [9.17, 15) is 4.79 Å². The molecule has 158 valence electrons. The Hall–Kier alpha value is -4.27. The maximum Gasteiger partial charge on any atom is 0.261 e. The molecule has 31 heavy (non-hydrogen) atoms. The van der Waals surface area contributed by atoms with E-state index in [4.69, 9.17) is 24.8 Å². The Bertz CT molecular complexity index is 1070. The first kappa shape index (κ1) is 20.0. The molecule has 2 aromatic carbocycles. The molecule has 2 heterocycles. The molecule has 1 amide bonds. The van der Waals surface area contributed by atoms with Gasteiger partial charge in [-0.05, 0) is 35.9 Å². The van der Waals surface area contributed by atoms with Gasteiger partial charge in [0.2, 0.25) is 12.7 Å². The number of ether oxygens (including phenoxy) is 3. The number of hydrogen-bond acceptors (Lipinski definition) is 7. The molecule has 0 saturated heterocycles. The van der Waals surface area contributed by atoms with Gasteiger partial charge in [-0.15, -0.1) is 0 Å². The first-order chi connectivity index (χ1) is 15.2. The zero-order chi connectivity index (χ0) is 21.5. The monoisotopic (exact) mass is 420 g/mol. The number of carbonyl (C=O) groups is 1. The Labute approximate surface area is 178 Å². The van der Waals surface area contributed by atoms with Crippen molar-refractivity contribution in [2.24, 2.45) is 10.9 Å². The highest BCUT2D eigenvalue weighted by Crippen LogP contribution is 2.32. The number of para-hydroxylation sites is 1. The molecular weight excluding hydrogens is 400 g/mol. The molecule has 0 spiro atoms. The molecule has 4 rings (SSSR count). The lowest BCUT2D eigenvalue weighted by Crippen LogP contribution is -2.27. The first-order valence-electron chi connectivity index (χ1n) is 9.47. The summed E-state index contributed by atoms with van der Waals surface area (Å²) in [7, 11) is 0. The highest BCUT2D eigenvalue weighted by Gasteiger charge is 2.13. The maximum atomic E-state index is 12.0. The summed E-state index contributed by atoms with van der Waals surface area (Å²) in [5.74, 6) is 2.22. The summed E-state index contributed by atoms with van der Waals surface area (Å²) in [5, 5.41) is 6.50. The molecule has 9 heteroatoms. The molecule has 0 aliphatic carbocycles. The van der Waals surface area contributed by atoms with E-state index >= 15 is 0 Å². The summed E-state index contributed by atoms with van der Waals surface area (Å²) in [5.41, 5.74) is 7.31. The van der Waals surface area contributed by atoms with Gasteiger partial charge in [0.1, 0.15) is 5.75 Å². The number of amidine groups is 1. The average molecular weight is 420 g/mol. The van der Waals surface area contributed by atoms with Crippen molar-refractivity contribution in [1.29, 1.82) is 0 Å². The maximum absolute atomic E-state index is 12.0. The van der Waals surface area contributed by atoms with Crippen molar-refractivity contribution in [1.82, 2.24) is 10.3 Å². The van der Waals surface area contributed by atoms with Crippen molar-refractivity contribution in [3.63, 3.8) is 0 Å². The van der Waals surface area contributed by atoms with Gasteiger partial charge in [0.15, 0.2) is 23.9 Å². The van der Waals surface area contributed by atoms with Crippen molar-refractivity contribution >= 4 is 11.7 Å². The van der Waals surface area contributed by atoms with Crippen LogP contribution in [-0.2, 0) is 16.2 Å². The highest BCUT2D eigenvalue weighted by molar-refractivity contribution is 5.96. The normalized spacial score (nSPS) is 12.3. The summed E-state index contributed by atoms with van der Waals surface area (Å²) >= 11 is 0. The molecule has 1 aliphatic rings. The van der Waals surface area contributed by atoms with Crippen LogP contribution < -0.4 is 25.3 Å². The number of carbonyl (C=O) groups excluding carboxylic acids is 1. The van der Waals surface area contributed by atoms with Crippen LogP contribution in [-0.4, -0.2) is 30.1 Å². The van der Waals surface area contributed by atoms with Gasteiger partial charge in [-0.1, -0.05) is 29.4 Å². The molecule has 0 bridgehead atoms. The zero-order valence-electron chi connectivity index (χ0n) is 16.5. The summed E-state index contributed by atoms with van der Waals surface area (Å²) in [6, 6.07) is 18.1. The number of rotatable bonds is 8. The van der Waals surface area contributed by atoms with Gasteiger partial charge < -0.3 is 30.1 Å². The smallest absolute Gasteiger partial charge is 0.261 e. The fraction of sp³-hybridized carbons (Fsp3) is 0.136. The van der Waals surface area contributed by atoms with Gasteiger partial charge in [0, 0.05) is 24.4 Å². The number of pyridine rings is 1. The second kappa shape index (κ2) is 9.49. The lowest BCUT2D eigenvalue weighted by molar-refractivity contribution is -0.125. The van der Waals surface area contributed by atoms with Gasteiger partial charge in [-0.25, -0.2) is 4.98 Å². The van der Waals surface area contributed by atoms with E-state index in [0.29, 0.717) is 35.2 Å². The van der Waals surface area contributed by atoms with E-state index in [0.717, 1.165) is 5.56 Å². The topological polar surface area (TPSA) is 117 Å². The zero-order valence-corrected chi connectivity index (χ0v) is 16.5. The van der Waals surface area contributed by atoms with E-state index in [1.807, 2.05) is 42.5 Å². The van der Waals surface area contributed by atoms with Gasteiger partial charge in [-0.3, -0.25) is 4.79 Å². The molecule has 0 saturated carbocycles. The third-order valence-corrected chi connectivity index (χ3v) is 4.28. The Morgan fingerprint density at radius 3 is 2.74 bits per heavy atom.